The molecule has 3 N–H and O–H groups in total. The van der Waals surface area contributed by atoms with E-state index in [-0.39, 0.29) is 12.0 Å². The summed E-state index contributed by atoms with van der Waals surface area (Å²) in [4.78, 5) is 12.0. The Morgan fingerprint density at radius 1 is 1.33 bits per heavy atom. The molecule has 0 unspecified atom stereocenters. The summed E-state index contributed by atoms with van der Waals surface area (Å²) in [6.07, 6.45) is 0.459. The van der Waals surface area contributed by atoms with Gasteiger partial charge in [0.25, 0.3) is 5.91 Å². The molecule has 0 aromatic heterocycles. The zero-order valence-electron chi connectivity index (χ0n) is 13.0. The summed E-state index contributed by atoms with van der Waals surface area (Å²) < 4.78 is 5.89. The fourth-order valence-corrected chi connectivity index (χ4v) is 2.19. The maximum Gasteiger partial charge on any atom is 0.277 e. The molecule has 1 amide bonds. The molecule has 0 saturated carbocycles. The van der Waals surface area contributed by atoms with E-state index in [4.69, 9.17) is 15.7 Å². The summed E-state index contributed by atoms with van der Waals surface area (Å²) in [5.74, 6) is 0.179. The average Bonchev–Trinajstić information content (AvgIpc) is 2.37. The van der Waals surface area contributed by atoms with E-state index in [0.29, 0.717) is 17.7 Å². The van der Waals surface area contributed by atoms with Gasteiger partial charge < -0.3 is 10.5 Å². The van der Waals surface area contributed by atoms with E-state index >= 15 is 0 Å². The highest BCUT2D eigenvalue weighted by molar-refractivity contribution is 5.83. The topological polar surface area (TPSA) is 88.1 Å². The van der Waals surface area contributed by atoms with E-state index in [0.717, 1.165) is 0 Å². The third-order valence-electron chi connectivity index (χ3n) is 2.89. The Morgan fingerprint density at radius 2 is 1.90 bits per heavy atom. The van der Waals surface area contributed by atoms with Crippen LogP contribution in [0, 0.1) is 17.2 Å². The van der Waals surface area contributed by atoms with Crippen LogP contribution in [0.1, 0.15) is 39.7 Å². The number of rotatable bonds is 7. The first-order chi connectivity index (χ1) is 9.79. The van der Waals surface area contributed by atoms with Crippen molar-refractivity contribution in [2.75, 3.05) is 0 Å². The highest BCUT2D eigenvalue weighted by Crippen LogP contribution is 2.24. The predicted octanol–water partition coefficient (Wildman–Crippen LogP) is 2.16. The number of hydrogen-bond acceptors (Lipinski definition) is 4. The second-order valence-corrected chi connectivity index (χ2v) is 5.83. The number of nitrogens with one attached hydrogen (secondary N) is 1. The van der Waals surface area contributed by atoms with Gasteiger partial charge in [0.15, 0.2) is 0 Å². The second kappa shape index (κ2) is 7.09. The molecule has 0 radical (unpaired) electrons. The van der Waals surface area contributed by atoms with E-state index < -0.39 is 11.6 Å². The number of primary amides is 1. The summed E-state index contributed by atoms with van der Waals surface area (Å²) in [5, 5.41) is 11.9. The van der Waals surface area contributed by atoms with Crippen LogP contribution in [-0.4, -0.2) is 17.7 Å². The van der Waals surface area contributed by atoms with Crippen LogP contribution >= 0.6 is 0 Å². The van der Waals surface area contributed by atoms with Crippen molar-refractivity contribution < 1.29 is 9.53 Å². The lowest BCUT2D eigenvalue weighted by Crippen LogP contribution is -2.62. The number of carbonyl (C=O) groups excluding carboxylic acids is 1. The van der Waals surface area contributed by atoms with Gasteiger partial charge in [-0.3, -0.25) is 10.1 Å². The minimum Gasteiger partial charge on any atom is -0.463 e. The summed E-state index contributed by atoms with van der Waals surface area (Å²) >= 11 is 0. The molecule has 0 saturated heterocycles. The average molecular weight is 289 g/mol. The Bertz CT molecular complexity index is 505. The molecule has 114 valence electrons. The van der Waals surface area contributed by atoms with Crippen LogP contribution in [0.5, 0.6) is 5.75 Å². The molecule has 0 heterocycles. The van der Waals surface area contributed by atoms with Crippen LogP contribution in [0.25, 0.3) is 0 Å². The van der Waals surface area contributed by atoms with Gasteiger partial charge in [0.05, 0.1) is 11.6 Å². The van der Waals surface area contributed by atoms with E-state index in [1.165, 1.54) is 0 Å². The van der Waals surface area contributed by atoms with E-state index in [1.54, 1.807) is 24.3 Å². The lowest BCUT2D eigenvalue weighted by molar-refractivity contribution is -0.139. The van der Waals surface area contributed by atoms with Gasteiger partial charge in [-0.15, -0.1) is 0 Å². The summed E-state index contributed by atoms with van der Waals surface area (Å²) in [6, 6.07) is 8.70. The lowest BCUT2D eigenvalue weighted by Gasteiger charge is -2.35. The molecule has 1 aromatic carbocycles. The molecule has 0 spiro atoms. The van der Waals surface area contributed by atoms with Crippen LogP contribution in [0.15, 0.2) is 24.3 Å². The van der Waals surface area contributed by atoms with Gasteiger partial charge in [-0.2, -0.15) is 5.26 Å². The third-order valence-corrected chi connectivity index (χ3v) is 2.89. The molecule has 1 aromatic rings. The first-order valence-corrected chi connectivity index (χ1v) is 7.06. The molecular weight excluding hydrogens is 266 g/mol. The van der Waals surface area contributed by atoms with Crippen LogP contribution in [0.4, 0.5) is 0 Å². The van der Waals surface area contributed by atoms with Crippen molar-refractivity contribution >= 4 is 5.91 Å². The maximum atomic E-state index is 12.0. The standard InChI is InChI=1S/C16H23N3O2/c1-11(2)9-16(15(18)20,19-12(3)4)21-14-7-5-13(10-17)6-8-14/h5-8,11-12,19H,9H2,1-4H3,(H2,18,20)/t16-/m1/s1. The van der Waals surface area contributed by atoms with E-state index in [1.807, 2.05) is 33.8 Å². The minimum absolute atomic E-state index is 0.0367. The fraction of sp³-hybridized carbons (Fsp3) is 0.500. The van der Waals surface area contributed by atoms with Crippen LogP contribution < -0.4 is 15.8 Å². The van der Waals surface area contributed by atoms with Crippen molar-refractivity contribution in [3.05, 3.63) is 29.8 Å². The summed E-state index contributed by atoms with van der Waals surface area (Å²) in [7, 11) is 0. The number of benzene rings is 1. The second-order valence-electron chi connectivity index (χ2n) is 5.83. The van der Waals surface area contributed by atoms with E-state index in [9.17, 15) is 4.79 Å². The Hall–Kier alpha value is -2.06. The molecule has 1 atom stereocenters. The zero-order valence-corrected chi connectivity index (χ0v) is 13.0. The van der Waals surface area contributed by atoms with Crippen LogP contribution in [0.3, 0.4) is 0 Å². The predicted molar refractivity (Wildman–Crippen MR) is 81.4 cm³/mol. The van der Waals surface area contributed by atoms with Crippen molar-refractivity contribution in [3.63, 3.8) is 0 Å². The number of carbonyl (C=O) groups is 1. The minimum atomic E-state index is -1.25. The van der Waals surface area contributed by atoms with Gasteiger partial charge in [-0.1, -0.05) is 13.8 Å². The van der Waals surface area contributed by atoms with Crippen molar-refractivity contribution in [1.82, 2.24) is 5.32 Å². The number of amides is 1. The molecule has 21 heavy (non-hydrogen) atoms. The zero-order chi connectivity index (χ0) is 16.0. The van der Waals surface area contributed by atoms with Crippen LogP contribution in [0.2, 0.25) is 0 Å². The SMILES string of the molecule is CC(C)C[C@@](NC(C)C)(Oc1ccc(C#N)cc1)C(N)=O. The quantitative estimate of drug-likeness (QED) is 0.753. The van der Waals surface area contributed by atoms with Gasteiger partial charge >= 0.3 is 0 Å². The van der Waals surface area contributed by atoms with Gasteiger partial charge in [-0.25, -0.2) is 0 Å². The van der Waals surface area contributed by atoms with Gasteiger partial charge in [0.2, 0.25) is 5.72 Å². The maximum absolute atomic E-state index is 12.0. The summed E-state index contributed by atoms with van der Waals surface area (Å²) in [5.41, 5.74) is 4.87. The van der Waals surface area contributed by atoms with Gasteiger partial charge in [0, 0.05) is 12.5 Å². The number of nitrogens with two attached hydrogens (primary N) is 1. The first-order valence-electron chi connectivity index (χ1n) is 7.06. The number of hydrogen-bond donors (Lipinski definition) is 2. The van der Waals surface area contributed by atoms with Crippen molar-refractivity contribution in [3.8, 4) is 11.8 Å². The Balaban J connectivity index is 3.09. The Labute approximate surface area is 126 Å². The van der Waals surface area contributed by atoms with Crippen molar-refractivity contribution in [2.24, 2.45) is 11.7 Å². The fourth-order valence-electron chi connectivity index (χ4n) is 2.19. The molecule has 5 nitrogen and oxygen atoms in total. The van der Waals surface area contributed by atoms with Crippen LogP contribution in [-0.2, 0) is 4.79 Å². The molecule has 0 bridgehead atoms. The number of nitriles is 1. The Kier molecular flexibility index (Phi) is 5.74. The number of ether oxygens (including phenoxy) is 1. The lowest BCUT2D eigenvalue weighted by atomic mass is 9.98. The molecule has 0 aliphatic rings. The molecule has 0 aliphatic carbocycles. The van der Waals surface area contributed by atoms with E-state index in [2.05, 4.69) is 5.32 Å². The smallest absolute Gasteiger partial charge is 0.277 e. The monoisotopic (exact) mass is 289 g/mol. The van der Waals surface area contributed by atoms with Gasteiger partial charge in [0.1, 0.15) is 5.75 Å². The summed E-state index contributed by atoms with van der Waals surface area (Å²) in [6.45, 7) is 7.87. The highest BCUT2D eigenvalue weighted by Gasteiger charge is 2.40. The van der Waals surface area contributed by atoms with Crippen molar-refractivity contribution in [2.45, 2.75) is 45.9 Å². The third kappa shape index (κ3) is 4.76. The molecule has 0 aliphatic heterocycles. The highest BCUT2D eigenvalue weighted by atomic mass is 16.5. The van der Waals surface area contributed by atoms with Gasteiger partial charge in [-0.05, 0) is 44.0 Å². The molecule has 0 fully saturated rings. The molecule has 1 rings (SSSR count). The molecule has 5 heteroatoms. The number of nitrogens with zero attached hydrogens (tertiary/aromatic N) is 1. The Morgan fingerprint density at radius 3 is 2.29 bits per heavy atom. The van der Waals surface area contributed by atoms with Crippen molar-refractivity contribution in [1.29, 1.82) is 5.26 Å². The first kappa shape index (κ1) is 17.0. The molecular formula is C16H23N3O2. The largest absolute Gasteiger partial charge is 0.463 e. The normalized spacial score (nSPS) is 13.8.